The van der Waals surface area contributed by atoms with Gasteiger partial charge in [-0.05, 0) is 6.08 Å². The fourth-order valence-electron chi connectivity index (χ4n) is 1.59. The van der Waals surface area contributed by atoms with E-state index >= 15 is 0 Å². The molecule has 0 saturated heterocycles. The highest BCUT2D eigenvalue weighted by molar-refractivity contribution is 6.25. The predicted octanol–water partition coefficient (Wildman–Crippen LogP) is -0.727. The molecule has 0 aromatic carbocycles. The average molecular weight is 203 g/mol. The maximum atomic E-state index is 11.5. The van der Waals surface area contributed by atoms with E-state index in [0.717, 1.165) is 0 Å². The lowest BCUT2D eigenvalue weighted by Crippen LogP contribution is -2.51. The lowest BCUT2D eigenvalue weighted by atomic mass is 10.2. The minimum absolute atomic E-state index is 0.197. The van der Waals surface area contributed by atoms with E-state index in [4.69, 9.17) is 0 Å². The van der Waals surface area contributed by atoms with Crippen LogP contribution in [0.15, 0.2) is 27.3 Å². The van der Waals surface area contributed by atoms with Crippen molar-refractivity contribution in [1.82, 2.24) is 10.2 Å². The molecule has 7 heteroatoms. The molecule has 0 aromatic heterocycles. The van der Waals surface area contributed by atoms with Crippen molar-refractivity contribution in [3.8, 4) is 0 Å². The van der Waals surface area contributed by atoms with Crippen LogP contribution >= 0.6 is 0 Å². The van der Waals surface area contributed by atoms with Gasteiger partial charge in [-0.25, -0.2) is 9.79 Å². The third-order valence-electron chi connectivity index (χ3n) is 2.19. The quantitative estimate of drug-likeness (QED) is 0.563. The van der Waals surface area contributed by atoms with Crippen molar-refractivity contribution in [3.05, 3.63) is 12.3 Å². The predicted molar refractivity (Wildman–Crippen MR) is 51.7 cm³/mol. The maximum absolute atomic E-state index is 11.5. The monoisotopic (exact) mass is 203 g/mol. The number of amidine groups is 1. The lowest BCUT2D eigenvalue weighted by Gasteiger charge is -2.23. The molecule has 0 fully saturated rings. The molecule has 0 bridgehead atoms. The molecule has 1 unspecified atom stereocenters. The summed E-state index contributed by atoms with van der Waals surface area (Å²) in [5, 5.41) is 2.12. The molecule has 0 saturated carbocycles. The van der Waals surface area contributed by atoms with Gasteiger partial charge in [0.15, 0.2) is 11.9 Å². The molecule has 0 aromatic rings. The first kappa shape index (κ1) is 8.04. The van der Waals surface area contributed by atoms with Gasteiger partial charge < -0.3 is 0 Å². The Morgan fingerprint density at radius 3 is 3.07 bits per heavy atom. The number of hydrogen-bond acceptors (Lipinski definition) is 5. The molecular formula is C8H5N5O2. The molecule has 1 atom stereocenters. The Labute approximate surface area is 83.9 Å². The van der Waals surface area contributed by atoms with Crippen molar-refractivity contribution in [2.45, 2.75) is 6.04 Å². The van der Waals surface area contributed by atoms with Crippen LogP contribution in [-0.2, 0) is 4.79 Å². The second-order valence-electron chi connectivity index (χ2n) is 3.11. The van der Waals surface area contributed by atoms with Gasteiger partial charge in [0.25, 0.3) is 5.91 Å². The van der Waals surface area contributed by atoms with E-state index in [1.165, 1.54) is 0 Å². The third kappa shape index (κ3) is 1.03. The first-order valence-corrected chi connectivity index (χ1v) is 4.27. The van der Waals surface area contributed by atoms with E-state index < -0.39 is 18.0 Å². The van der Waals surface area contributed by atoms with E-state index in [1.807, 2.05) is 0 Å². The highest BCUT2D eigenvalue weighted by Crippen LogP contribution is 2.19. The topological polar surface area (TPSA) is 86.5 Å². The second-order valence-corrected chi connectivity index (χ2v) is 3.11. The van der Waals surface area contributed by atoms with Crippen LogP contribution in [0, 0.1) is 0 Å². The van der Waals surface area contributed by atoms with Crippen LogP contribution in [0.5, 0.6) is 0 Å². The van der Waals surface area contributed by atoms with Gasteiger partial charge in [-0.15, -0.1) is 0 Å². The van der Waals surface area contributed by atoms with E-state index in [9.17, 15) is 9.59 Å². The Kier molecular flexibility index (Phi) is 1.39. The first-order chi connectivity index (χ1) is 7.25. The van der Waals surface area contributed by atoms with Crippen molar-refractivity contribution < 1.29 is 9.59 Å². The number of carbonyl (C=O) groups excluding carboxylic acids is 2. The minimum atomic E-state index is -0.677. The van der Waals surface area contributed by atoms with E-state index in [1.54, 1.807) is 23.4 Å². The van der Waals surface area contributed by atoms with Crippen LogP contribution in [0.4, 0.5) is 4.79 Å². The van der Waals surface area contributed by atoms with Gasteiger partial charge in [0.1, 0.15) is 0 Å². The van der Waals surface area contributed by atoms with Gasteiger partial charge >= 0.3 is 6.03 Å². The number of nitrogens with one attached hydrogen (secondary N) is 1. The van der Waals surface area contributed by atoms with Crippen LogP contribution < -0.4 is 5.32 Å². The lowest BCUT2D eigenvalue weighted by molar-refractivity contribution is -0.121. The number of aliphatic imine (C=N–C) groups is 3. The third-order valence-corrected chi connectivity index (χ3v) is 2.19. The first-order valence-electron chi connectivity index (χ1n) is 4.27. The zero-order valence-corrected chi connectivity index (χ0v) is 7.41. The summed E-state index contributed by atoms with van der Waals surface area (Å²) in [7, 11) is 0. The van der Waals surface area contributed by atoms with Crippen molar-refractivity contribution in [2.24, 2.45) is 15.0 Å². The summed E-state index contributed by atoms with van der Waals surface area (Å²) >= 11 is 0. The Balaban J connectivity index is 2.10. The van der Waals surface area contributed by atoms with E-state index in [2.05, 4.69) is 20.3 Å². The summed E-state index contributed by atoms with van der Waals surface area (Å²) in [5.74, 6) is 0.152. The highest BCUT2D eigenvalue weighted by atomic mass is 16.2. The number of imide groups is 1. The summed E-state index contributed by atoms with van der Waals surface area (Å²) < 4.78 is 0. The fraction of sp³-hybridized carbons (Fsp3) is 0.125. The molecule has 3 rings (SSSR count). The Morgan fingerprint density at radius 1 is 1.33 bits per heavy atom. The highest BCUT2D eigenvalue weighted by Gasteiger charge is 2.41. The summed E-state index contributed by atoms with van der Waals surface area (Å²) in [6.45, 7) is 0. The van der Waals surface area contributed by atoms with Gasteiger partial charge in [-0.1, -0.05) is 0 Å². The largest absolute Gasteiger partial charge is 0.349 e. The van der Waals surface area contributed by atoms with Gasteiger partial charge in [0.2, 0.25) is 5.96 Å². The number of rotatable bonds is 0. The maximum Gasteiger partial charge on any atom is 0.349 e. The fourth-order valence-corrected chi connectivity index (χ4v) is 1.59. The molecule has 15 heavy (non-hydrogen) atoms. The Morgan fingerprint density at radius 2 is 2.20 bits per heavy atom. The van der Waals surface area contributed by atoms with Gasteiger partial charge in [0, 0.05) is 12.4 Å². The van der Waals surface area contributed by atoms with Crippen LogP contribution in [0.3, 0.4) is 0 Å². The van der Waals surface area contributed by atoms with Crippen LogP contribution in [-0.4, -0.2) is 40.9 Å². The molecule has 74 valence electrons. The molecule has 3 amide bonds. The summed E-state index contributed by atoms with van der Waals surface area (Å²) in [5.41, 5.74) is 0. The summed E-state index contributed by atoms with van der Waals surface area (Å²) in [6, 6.07) is -1.34. The van der Waals surface area contributed by atoms with Gasteiger partial charge in [-0.2, -0.15) is 9.98 Å². The number of nitrogens with zero attached hydrogens (tertiary/aromatic N) is 4. The standard InChI is InChI=1S/C8H5N5O2/c14-6-4-5(11-8(15)12-6)10-7-9-2-1-3-13(4)7/h1-4H,(H,12,14,15). The SMILES string of the molecule is O=C1N=C2N=C3N=CC=CN3C2C(=O)N1. The molecule has 1 N–H and O–H groups in total. The van der Waals surface area contributed by atoms with E-state index in [0.29, 0.717) is 5.96 Å². The Hall–Kier alpha value is -2.31. The molecule has 3 heterocycles. The molecule has 0 spiro atoms. The van der Waals surface area contributed by atoms with E-state index in [-0.39, 0.29) is 5.84 Å². The average Bonchev–Trinajstić information content (AvgIpc) is 2.54. The van der Waals surface area contributed by atoms with Crippen molar-refractivity contribution in [1.29, 1.82) is 0 Å². The molecule has 0 radical (unpaired) electrons. The van der Waals surface area contributed by atoms with Crippen LogP contribution in [0.1, 0.15) is 0 Å². The normalized spacial score (nSPS) is 26.9. The van der Waals surface area contributed by atoms with Gasteiger partial charge in [-0.3, -0.25) is 15.0 Å². The number of allylic oxidation sites excluding steroid dienone is 1. The molecule has 0 aliphatic carbocycles. The molecule has 3 aliphatic rings. The Bertz CT molecular complexity index is 487. The van der Waals surface area contributed by atoms with Crippen molar-refractivity contribution in [2.75, 3.05) is 0 Å². The number of hydrogen-bond donors (Lipinski definition) is 1. The molecule has 7 nitrogen and oxygen atoms in total. The second kappa shape index (κ2) is 2.59. The smallest absolute Gasteiger partial charge is 0.297 e. The van der Waals surface area contributed by atoms with Crippen molar-refractivity contribution >= 4 is 29.9 Å². The van der Waals surface area contributed by atoms with Crippen LogP contribution in [0.25, 0.3) is 0 Å². The van der Waals surface area contributed by atoms with Gasteiger partial charge in [0.05, 0.1) is 0 Å². The number of urea groups is 1. The molecule has 3 aliphatic heterocycles. The number of amides is 3. The molecular weight excluding hydrogens is 198 g/mol. The summed E-state index contributed by atoms with van der Waals surface area (Å²) in [6.07, 6.45) is 4.92. The van der Waals surface area contributed by atoms with Crippen molar-refractivity contribution in [3.63, 3.8) is 0 Å². The minimum Gasteiger partial charge on any atom is -0.297 e. The number of fused-ring (bicyclic) bond motifs is 3. The zero-order valence-electron chi connectivity index (χ0n) is 7.41. The summed E-state index contributed by atoms with van der Waals surface area (Å²) in [4.78, 5) is 35.6. The number of guanidine groups is 1. The zero-order chi connectivity index (χ0) is 10.4. The number of carbonyl (C=O) groups is 2. The van der Waals surface area contributed by atoms with Crippen LogP contribution in [0.2, 0.25) is 0 Å².